The van der Waals surface area contributed by atoms with E-state index in [1.165, 1.54) is 6.92 Å². The molecule has 4 nitrogen and oxygen atoms in total. The van der Waals surface area contributed by atoms with Crippen molar-refractivity contribution < 1.29 is 4.79 Å². The highest BCUT2D eigenvalue weighted by molar-refractivity contribution is 7.98. The van der Waals surface area contributed by atoms with Crippen molar-refractivity contribution in [3.8, 4) is 0 Å². The number of benzene rings is 1. The lowest BCUT2D eigenvalue weighted by Gasteiger charge is -2.04. The summed E-state index contributed by atoms with van der Waals surface area (Å²) in [6.07, 6.45) is 3.74. The molecule has 5 heteroatoms. The van der Waals surface area contributed by atoms with Crippen LogP contribution in [-0.4, -0.2) is 15.5 Å². The van der Waals surface area contributed by atoms with Crippen LogP contribution in [0.4, 0.5) is 5.69 Å². The largest absolute Gasteiger partial charge is 0.337 e. The third-order valence-corrected chi connectivity index (χ3v) is 3.47. The quantitative estimate of drug-likeness (QED) is 0.861. The van der Waals surface area contributed by atoms with E-state index in [1.807, 2.05) is 42.1 Å². The van der Waals surface area contributed by atoms with Crippen molar-refractivity contribution >= 4 is 23.4 Å². The SMILES string of the molecule is CC(=O)Nc1ccc(SCc2nccn2C)cc1. The van der Waals surface area contributed by atoms with E-state index in [0.29, 0.717) is 0 Å². The minimum absolute atomic E-state index is 0.0524. The highest BCUT2D eigenvalue weighted by Gasteiger charge is 2.01. The van der Waals surface area contributed by atoms with E-state index in [0.717, 1.165) is 22.2 Å². The molecule has 0 radical (unpaired) electrons. The van der Waals surface area contributed by atoms with Gasteiger partial charge >= 0.3 is 0 Å². The van der Waals surface area contributed by atoms with E-state index < -0.39 is 0 Å². The van der Waals surface area contributed by atoms with Crippen LogP contribution >= 0.6 is 11.8 Å². The predicted molar refractivity (Wildman–Crippen MR) is 73.5 cm³/mol. The predicted octanol–water partition coefficient (Wildman–Crippen LogP) is 2.67. The van der Waals surface area contributed by atoms with Crippen LogP contribution in [0, 0.1) is 0 Å². The summed E-state index contributed by atoms with van der Waals surface area (Å²) in [4.78, 5) is 16.3. The Morgan fingerprint density at radius 2 is 2.11 bits per heavy atom. The molecule has 0 aliphatic rings. The molecule has 1 heterocycles. The van der Waals surface area contributed by atoms with Crippen molar-refractivity contribution in [3.63, 3.8) is 0 Å². The molecule has 0 fully saturated rings. The number of carbonyl (C=O) groups excluding carboxylic acids is 1. The van der Waals surface area contributed by atoms with Gasteiger partial charge in [0.05, 0.1) is 5.75 Å². The van der Waals surface area contributed by atoms with Gasteiger partial charge in [-0.05, 0) is 24.3 Å². The second kappa shape index (κ2) is 5.73. The fourth-order valence-corrected chi connectivity index (χ4v) is 2.42. The smallest absolute Gasteiger partial charge is 0.221 e. The molecule has 0 unspecified atom stereocenters. The van der Waals surface area contributed by atoms with Gasteiger partial charge in [-0.15, -0.1) is 11.8 Å². The number of hydrogen-bond donors (Lipinski definition) is 1. The van der Waals surface area contributed by atoms with Gasteiger partial charge in [0.2, 0.25) is 5.91 Å². The Morgan fingerprint density at radius 3 is 2.67 bits per heavy atom. The van der Waals surface area contributed by atoms with Gasteiger partial charge in [-0.1, -0.05) is 0 Å². The molecule has 2 rings (SSSR count). The van der Waals surface area contributed by atoms with E-state index >= 15 is 0 Å². The second-order valence-corrected chi connectivity index (χ2v) is 5.00. The topological polar surface area (TPSA) is 46.9 Å². The standard InChI is InChI=1S/C13H15N3OS/c1-10(17)15-11-3-5-12(6-4-11)18-9-13-14-7-8-16(13)2/h3-8H,9H2,1-2H3,(H,15,17). The van der Waals surface area contributed by atoms with Crippen molar-refractivity contribution in [1.29, 1.82) is 0 Å². The Labute approximate surface area is 110 Å². The number of rotatable bonds is 4. The number of anilines is 1. The Kier molecular flexibility index (Phi) is 4.04. The number of carbonyl (C=O) groups is 1. The molecule has 0 spiro atoms. The monoisotopic (exact) mass is 261 g/mol. The molecule has 1 N–H and O–H groups in total. The maximum Gasteiger partial charge on any atom is 0.221 e. The number of amides is 1. The molecule has 18 heavy (non-hydrogen) atoms. The molecule has 1 amide bonds. The van der Waals surface area contributed by atoms with E-state index in [1.54, 1.807) is 18.0 Å². The molecular weight excluding hydrogens is 246 g/mol. The van der Waals surface area contributed by atoms with Gasteiger partial charge in [0.1, 0.15) is 5.82 Å². The van der Waals surface area contributed by atoms with Crippen LogP contribution in [0.15, 0.2) is 41.6 Å². The number of thioether (sulfide) groups is 1. The number of hydrogen-bond acceptors (Lipinski definition) is 3. The number of imidazole rings is 1. The summed E-state index contributed by atoms with van der Waals surface area (Å²) in [6.45, 7) is 1.50. The van der Waals surface area contributed by atoms with Gasteiger partial charge < -0.3 is 9.88 Å². The lowest BCUT2D eigenvalue weighted by atomic mass is 10.3. The first kappa shape index (κ1) is 12.7. The van der Waals surface area contributed by atoms with Crippen molar-refractivity contribution in [2.24, 2.45) is 7.05 Å². The first-order chi connectivity index (χ1) is 8.65. The van der Waals surface area contributed by atoms with Crippen LogP contribution in [0.3, 0.4) is 0 Å². The number of aromatic nitrogens is 2. The van der Waals surface area contributed by atoms with Crippen LogP contribution in [0.2, 0.25) is 0 Å². The van der Waals surface area contributed by atoms with Crippen LogP contribution in [0.5, 0.6) is 0 Å². The number of nitrogens with one attached hydrogen (secondary N) is 1. The van der Waals surface area contributed by atoms with Crippen molar-refractivity contribution in [1.82, 2.24) is 9.55 Å². The second-order valence-electron chi connectivity index (χ2n) is 3.95. The molecule has 0 atom stereocenters. The third kappa shape index (κ3) is 3.37. The lowest BCUT2D eigenvalue weighted by molar-refractivity contribution is -0.114. The summed E-state index contributed by atoms with van der Waals surface area (Å²) < 4.78 is 2.01. The Bertz CT molecular complexity index is 533. The number of aryl methyl sites for hydroxylation is 1. The molecular formula is C13H15N3OS. The zero-order chi connectivity index (χ0) is 13.0. The van der Waals surface area contributed by atoms with E-state index in [-0.39, 0.29) is 5.91 Å². The summed E-state index contributed by atoms with van der Waals surface area (Å²) in [5, 5.41) is 2.75. The highest BCUT2D eigenvalue weighted by atomic mass is 32.2. The minimum Gasteiger partial charge on any atom is -0.337 e. The van der Waals surface area contributed by atoms with E-state index in [2.05, 4.69) is 10.3 Å². The average Bonchev–Trinajstić information content (AvgIpc) is 2.73. The Morgan fingerprint density at radius 1 is 1.39 bits per heavy atom. The molecule has 1 aromatic heterocycles. The lowest BCUT2D eigenvalue weighted by Crippen LogP contribution is -2.05. The molecule has 2 aromatic rings. The summed E-state index contributed by atoms with van der Waals surface area (Å²) >= 11 is 1.72. The van der Waals surface area contributed by atoms with Crippen molar-refractivity contribution in [2.45, 2.75) is 17.6 Å². The zero-order valence-electron chi connectivity index (χ0n) is 10.4. The molecule has 0 aliphatic heterocycles. The van der Waals surface area contributed by atoms with Gasteiger partial charge in [0.15, 0.2) is 0 Å². The Balaban J connectivity index is 1.94. The minimum atomic E-state index is -0.0524. The van der Waals surface area contributed by atoms with Gasteiger partial charge in [0, 0.05) is 36.9 Å². The molecule has 0 aliphatic carbocycles. The first-order valence-electron chi connectivity index (χ1n) is 5.62. The van der Waals surface area contributed by atoms with Gasteiger partial charge in [-0.2, -0.15) is 0 Å². The van der Waals surface area contributed by atoms with Crippen molar-refractivity contribution in [3.05, 3.63) is 42.5 Å². The maximum atomic E-state index is 10.9. The summed E-state index contributed by atoms with van der Waals surface area (Å²) in [6, 6.07) is 7.81. The first-order valence-corrected chi connectivity index (χ1v) is 6.60. The summed E-state index contributed by atoms with van der Waals surface area (Å²) in [5.41, 5.74) is 0.823. The molecule has 0 saturated heterocycles. The van der Waals surface area contributed by atoms with Gasteiger partial charge in [-0.3, -0.25) is 4.79 Å². The fraction of sp³-hybridized carbons (Fsp3) is 0.231. The molecule has 0 bridgehead atoms. The van der Waals surface area contributed by atoms with Gasteiger partial charge in [-0.25, -0.2) is 4.98 Å². The summed E-state index contributed by atoms with van der Waals surface area (Å²) in [7, 11) is 1.99. The number of nitrogens with zero attached hydrogens (tertiary/aromatic N) is 2. The Hall–Kier alpha value is -1.75. The van der Waals surface area contributed by atoms with Gasteiger partial charge in [0.25, 0.3) is 0 Å². The van der Waals surface area contributed by atoms with Crippen molar-refractivity contribution in [2.75, 3.05) is 5.32 Å². The average molecular weight is 261 g/mol. The van der Waals surface area contributed by atoms with Crippen LogP contribution in [-0.2, 0) is 17.6 Å². The fourth-order valence-electron chi connectivity index (χ4n) is 1.52. The molecule has 0 saturated carbocycles. The highest BCUT2D eigenvalue weighted by Crippen LogP contribution is 2.23. The van der Waals surface area contributed by atoms with Crippen LogP contribution < -0.4 is 5.32 Å². The zero-order valence-corrected chi connectivity index (χ0v) is 11.2. The normalized spacial score (nSPS) is 10.3. The molecule has 1 aromatic carbocycles. The van der Waals surface area contributed by atoms with E-state index in [4.69, 9.17) is 0 Å². The maximum absolute atomic E-state index is 10.9. The molecule has 94 valence electrons. The van der Waals surface area contributed by atoms with Crippen LogP contribution in [0.25, 0.3) is 0 Å². The summed E-state index contributed by atoms with van der Waals surface area (Å²) in [5.74, 6) is 1.83. The van der Waals surface area contributed by atoms with E-state index in [9.17, 15) is 4.79 Å². The van der Waals surface area contributed by atoms with Crippen LogP contribution in [0.1, 0.15) is 12.7 Å². The third-order valence-electron chi connectivity index (χ3n) is 2.46.